The fraction of sp³-hybridized carbons (Fsp3) is 0. The zero-order chi connectivity index (χ0) is 13.1. The molecular weight excluding hydrogens is 275 g/mol. The first-order chi connectivity index (χ1) is 8.58. The van der Waals surface area contributed by atoms with Gasteiger partial charge in [0.1, 0.15) is 0 Å². The summed E-state index contributed by atoms with van der Waals surface area (Å²) < 4.78 is 0. The van der Waals surface area contributed by atoms with Crippen LogP contribution < -0.4 is 11.1 Å². The molecule has 1 heterocycles. The van der Waals surface area contributed by atoms with Crippen molar-refractivity contribution in [1.82, 2.24) is 15.0 Å². The number of rotatable bonds is 2. The standard InChI is InChI=1S/C10H6Cl2N6/c11-6-2-1-5(4-13)3-7(6)15-10-17-8(12)16-9(14)18-10/h1-3H,(H3,14,15,16,17,18). The summed E-state index contributed by atoms with van der Waals surface area (Å²) >= 11 is 11.6. The van der Waals surface area contributed by atoms with Crippen LogP contribution in [0.15, 0.2) is 18.2 Å². The average molecular weight is 281 g/mol. The Morgan fingerprint density at radius 3 is 2.67 bits per heavy atom. The molecule has 8 heteroatoms. The highest BCUT2D eigenvalue weighted by atomic mass is 35.5. The molecule has 0 spiro atoms. The molecule has 0 aliphatic carbocycles. The number of nitrogen functional groups attached to an aromatic ring is 1. The van der Waals surface area contributed by atoms with Gasteiger partial charge in [0.2, 0.25) is 17.2 Å². The second-order valence-corrected chi connectivity index (χ2v) is 3.96. The van der Waals surface area contributed by atoms with Crippen LogP contribution in [0.3, 0.4) is 0 Å². The smallest absolute Gasteiger partial charge is 0.233 e. The molecule has 0 saturated heterocycles. The van der Waals surface area contributed by atoms with Gasteiger partial charge in [0, 0.05) is 0 Å². The molecule has 0 saturated carbocycles. The maximum absolute atomic E-state index is 8.80. The molecule has 2 rings (SSSR count). The summed E-state index contributed by atoms with van der Waals surface area (Å²) in [6.07, 6.45) is 0. The molecule has 0 amide bonds. The predicted octanol–water partition coefficient (Wildman–Crippen LogP) is 2.38. The van der Waals surface area contributed by atoms with Crippen molar-refractivity contribution in [3.63, 3.8) is 0 Å². The van der Waals surface area contributed by atoms with Gasteiger partial charge in [-0.2, -0.15) is 20.2 Å². The van der Waals surface area contributed by atoms with E-state index >= 15 is 0 Å². The topological polar surface area (TPSA) is 101 Å². The Kier molecular flexibility index (Phi) is 3.46. The Bertz CT molecular complexity index is 617. The molecule has 6 nitrogen and oxygen atoms in total. The van der Waals surface area contributed by atoms with Crippen LogP contribution in [0.5, 0.6) is 0 Å². The lowest BCUT2D eigenvalue weighted by Crippen LogP contribution is -2.03. The van der Waals surface area contributed by atoms with E-state index < -0.39 is 0 Å². The number of nitriles is 1. The number of nitrogens with two attached hydrogens (primary N) is 1. The highest BCUT2D eigenvalue weighted by Gasteiger charge is 2.06. The van der Waals surface area contributed by atoms with E-state index in [0.717, 1.165) is 0 Å². The Labute approximate surface area is 112 Å². The predicted molar refractivity (Wildman–Crippen MR) is 68.7 cm³/mol. The van der Waals surface area contributed by atoms with Gasteiger partial charge in [-0.15, -0.1) is 0 Å². The van der Waals surface area contributed by atoms with Crippen molar-refractivity contribution in [1.29, 1.82) is 5.26 Å². The molecule has 0 bridgehead atoms. The minimum atomic E-state index is -0.0300. The van der Waals surface area contributed by atoms with Gasteiger partial charge in [-0.05, 0) is 29.8 Å². The normalized spacial score (nSPS) is 9.83. The van der Waals surface area contributed by atoms with Crippen molar-refractivity contribution in [3.05, 3.63) is 34.1 Å². The van der Waals surface area contributed by atoms with Gasteiger partial charge in [0.25, 0.3) is 0 Å². The van der Waals surface area contributed by atoms with E-state index in [4.69, 9.17) is 34.2 Å². The molecule has 0 unspecified atom stereocenters. The molecule has 0 radical (unpaired) electrons. The summed E-state index contributed by atoms with van der Waals surface area (Å²) in [5, 5.41) is 12.0. The number of benzene rings is 1. The summed E-state index contributed by atoms with van der Waals surface area (Å²) in [6, 6.07) is 6.76. The zero-order valence-electron chi connectivity index (χ0n) is 8.85. The fourth-order valence-corrected chi connectivity index (χ4v) is 1.56. The fourth-order valence-electron chi connectivity index (χ4n) is 1.23. The third-order valence-electron chi connectivity index (χ3n) is 1.97. The van der Waals surface area contributed by atoms with Crippen molar-refractivity contribution in [2.75, 3.05) is 11.1 Å². The number of halogens is 2. The minimum Gasteiger partial charge on any atom is -0.368 e. The Balaban J connectivity index is 2.36. The van der Waals surface area contributed by atoms with Gasteiger partial charge < -0.3 is 11.1 Å². The van der Waals surface area contributed by atoms with Crippen molar-refractivity contribution >= 4 is 40.8 Å². The average Bonchev–Trinajstić information content (AvgIpc) is 2.30. The molecule has 0 atom stereocenters. The van der Waals surface area contributed by atoms with Crippen molar-refractivity contribution in [2.45, 2.75) is 0 Å². The molecule has 0 fully saturated rings. The van der Waals surface area contributed by atoms with Gasteiger partial charge in [-0.3, -0.25) is 0 Å². The van der Waals surface area contributed by atoms with E-state index in [1.807, 2.05) is 6.07 Å². The van der Waals surface area contributed by atoms with Crippen molar-refractivity contribution < 1.29 is 0 Å². The van der Waals surface area contributed by atoms with Crippen LogP contribution >= 0.6 is 23.2 Å². The second kappa shape index (κ2) is 5.04. The van der Waals surface area contributed by atoms with E-state index in [0.29, 0.717) is 16.3 Å². The first kappa shape index (κ1) is 12.4. The molecule has 1 aromatic heterocycles. The van der Waals surface area contributed by atoms with Crippen molar-refractivity contribution in [2.24, 2.45) is 0 Å². The van der Waals surface area contributed by atoms with Crippen LogP contribution in [-0.2, 0) is 0 Å². The van der Waals surface area contributed by atoms with Crippen molar-refractivity contribution in [3.8, 4) is 6.07 Å². The van der Waals surface area contributed by atoms with Gasteiger partial charge >= 0.3 is 0 Å². The third-order valence-corrected chi connectivity index (χ3v) is 2.47. The highest BCUT2D eigenvalue weighted by molar-refractivity contribution is 6.33. The quantitative estimate of drug-likeness (QED) is 0.876. The van der Waals surface area contributed by atoms with Crippen LogP contribution in [0.2, 0.25) is 10.3 Å². The summed E-state index contributed by atoms with van der Waals surface area (Å²) in [7, 11) is 0. The lowest BCUT2D eigenvalue weighted by Gasteiger charge is -2.07. The van der Waals surface area contributed by atoms with E-state index in [-0.39, 0.29) is 17.2 Å². The van der Waals surface area contributed by atoms with Crippen LogP contribution in [0, 0.1) is 11.3 Å². The number of hydrogen-bond acceptors (Lipinski definition) is 6. The van der Waals surface area contributed by atoms with E-state index in [1.54, 1.807) is 18.2 Å². The number of aromatic nitrogens is 3. The molecule has 2 aromatic rings. The number of nitrogens with zero attached hydrogens (tertiary/aromatic N) is 4. The first-order valence-corrected chi connectivity index (χ1v) is 5.48. The molecule has 18 heavy (non-hydrogen) atoms. The zero-order valence-corrected chi connectivity index (χ0v) is 10.4. The molecule has 0 aliphatic rings. The van der Waals surface area contributed by atoms with E-state index in [1.165, 1.54) is 0 Å². The van der Waals surface area contributed by atoms with Crippen LogP contribution in [-0.4, -0.2) is 15.0 Å². The molecule has 1 aromatic carbocycles. The first-order valence-electron chi connectivity index (χ1n) is 4.72. The lowest BCUT2D eigenvalue weighted by molar-refractivity contribution is 1.07. The summed E-state index contributed by atoms with van der Waals surface area (Å²) in [6.45, 7) is 0. The Morgan fingerprint density at radius 2 is 2.00 bits per heavy atom. The molecule has 3 N–H and O–H groups in total. The largest absolute Gasteiger partial charge is 0.368 e. The molecule has 90 valence electrons. The number of hydrogen-bond donors (Lipinski definition) is 2. The van der Waals surface area contributed by atoms with Gasteiger partial charge in [-0.25, -0.2) is 0 Å². The van der Waals surface area contributed by atoms with Gasteiger partial charge in [-0.1, -0.05) is 11.6 Å². The monoisotopic (exact) mass is 280 g/mol. The van der Waals surface area contributed by atoms with E-state index in [2.05, 4.69) is 20.3 Å². The van der Waals surface area contributed by atoms with Crippen LogP contribution in [0.4, 0.5) is 17.6 Å². The van der Waals surface area contributed by atoms with E-state index in [9.17, 15) is 0 Å². The van der Waals surface area contributed by atoms with Crippen LogP contribution in [0.25, 0.3) is 0 Å². The minimum absolute atomic E-state index is 0.00920. The highest BCUT2D eigenvalue weighted by Crippen LogP contribution is 2.25. The van der Waals surface area contributed by atoms with Crippen LogP contribution in [0.1, 0.15) is 5.56 Å². The Hall–Kier alpha value is -2.10. The van der Waals surface area contributed by atoms with Gasteiger partial charge in [0.15, 0.2) is 0 Å². The maximum Gasteiger partial charge on any atom is 0.233 e. The maximum atomic E-state index is 8.80. The molecule has 0 aliphatic heterocycles. The summed E-state index contributed by atoms with van der Waals surface area (Å²) in [4.78, 5) is 11.3. The Morgan fingerprint density at radius 1 is 1.22 bits per heavy atom. The SMILES string of the molecule is N#Cc1ccc(Cl)c(Nc2nc(N)nc(Cl)n2)c1. The number of anilines is 3. The lowest BCUT2D eigenvalue weighted by atomic mass is 10.2. The third kappa shape index (κ3) is 2.77. The molecular formula is C10H6Cl2N6. The summed E-state index contributed by atoms with van der Waals surface area (Å²) in [5.74, 6) is 0.148. The second-order valence-electron chi connectivity index (χ2n) is 3.22. The summed E-state index contributed by atoms with van der Waals surface area (Å²) in [5.41, 5.74) is 6.37. The van der Waals surface area contributed by atoms with Gasteiger partial charge in [0.05, 0.1) is 22.3 Å². The number of nitrogens with one attached hydrogen (secondary N) is 1.